The molecule has 0 N–H and O–H groups in total. The molecule has 0 saturated carbocycles. The first kappa shape index (κ1) is 19.8. The van der Waals surface area contributed by atoms with E-state index in [0.29, 0.717) is 25.2 Å². The van der Waals surface area contributed by atoms with Crippen LogP contribution < -0.4 is 0 Å². The number of amides is 2. The summed E-state index contributed by atoms with van der Waals surface area (Å²) < 4.78 is 15.0. The molecule has 1 saturated heterocycles. The van der Waals surface area contributed by atoms with Crippen LogP contribution in [0.5, 0.6) is 0 Å². The van der Waals surface area contributed by atoms with Gasteiger partial charge < -0.3 is 9.80 Å². The Hall–Kier alpha value is -3.55. The molecule has 0 spiro atoms. The van der Waals surface area contributed by atoms with E-state index in [9.17, 15) is 14.0 Å². The standard InChI is InChI=1S/C22H22FN5O2/c1-22(2)14-26(20(29)16-7-6-8-17(23)13-16)11-12-27(22)21(30)19-24-15-28(25-19)18-9-4-3-5-10-18/h3-10,13,15H,11-12,14H2,1-2H3. The lowest BCUT2D eigenvalue weighted by molar-refractivity contribution is 0.0160. The van der Waals surface area contributed by atoms with Gasteiger partial charge in [0.05, 0.1) is 11.2 Å². The number of benzene rings is 2. The van der Waals surface area contributed by atoms with Crippen LogP contribution in [0.2, 0.25) is 0 Å². The van der Waals surface area contributed by atoms with Gasteiger partial charge in [-0.25, -0.2) is 14.1 Å². The van der Waals surface area contributed by atoms with Crippen molar-refractivity contribution in [2.75, 3.05) is 19.6 Å². The van der Waals surface area contributed by atoms with Crippen LogP contribution in [-0.4, -0.2) is 61.6 Å². The van der Waals surface area contributed by atoms with Gasteiger partial charge in [-0.2, -0.15) is 0 Å². The zero-order valence-corrected chi connectivity index (χ0v) is 16.8. The van der Waals surface area contributed by atoms with Crippen LogP contribution in [0, 0.1) is 5.82 Å². The van der Waals surface area contributed by atoms with Crippen molar-refractivity contribution in [3.63, 3.8) is 0 Å². The van der Waals surface area contributed by atoms with Crippen LogP contribution in [0.1, 0.15) is 34.8 Å². The van der Waals surface area contributed by atoms with Gasteiger partial charge in [-0.05, 0) is 44.2 Å². The Morgan fingerprint density at radius 2 is 1.77 bits per heavy atom. The van der Waals surface area contributed by atoms with Crippen LogP contribution in [-0.2, 0) is 0 Å². The third-order valence-corrected chi connectivity index (χ3v) is 5.21. The number of carbonyl (C=O) groups is 2. The average Bonchev–Trinajstić information content (AvgIpc) is 3.23. The molecule has 1 fully saturated rings. The number of piperazine rings is 1. The fourth-order valence-corrected chi connectivity index (χ4v) is 3.70. The van der Waals surface area contributed by atoms with Gasteiger partial charge in [0.15, 0.2) is 0 Å². The maximum absolute atomic E-state index is 13.5. The molecule has 0 aliphatic carbocycles. The maximum atomic E-state index is 13.5. The van der Waals surface area contributed by atoms with Crippen molar-refractivity contribution in [1.82, 2.24) is 24.6 Å². The molecule has 0 atom stereocenters. The van der Waals surface area contributed by atoms with Crippen molar-refractivity contribution >= 4 is 11.8 Å². The van der Waals surface area contributed by atoms with E-state index in [1.807, 2.05) is 44.2 Å². The summed E-state index contributed by atoms with van der Waals surface area (Å²) in [4.78, 5) is 33.4. The molecule has 0 unspecified atom stereocenters. The van der Waals surface area contributed by atoms with Gasteiger partial charge in [0.1, 0.15) is 12.1 Å². The SMILES string of the molecule is CC1(C)CN(C(=O)c2cccc(F)c2)CCN1C(=O)c1ncn(-c2ccccc2)n1. The van der Waals surface area contributed by atoms with Crippen LogP contribution in [0.3, 0.4) is 0 Å². The second-order valence-electron chi connectivity index (χ2n) is 7.85. The number of aromatic nitrogens is 3. The first-order valence-electron chi connectivity index (χ1n) is 9.69. The predicted molar refractivity (Wildman–Crippen MR) is 109 cm³/mol. The highest BCUT2D eigenvalue weighted by molar-refractivity contribution is 5.95. The first-order chi connectivity index (χ1) is 14.3. The van der Waals surface area contributed by atoms with Gasteiger partial charge in [-0.15, -0.1) is 5.10 Å². The lowest BCUT2D eigenvalue weighted by Crippen LogP contribution is -2.62. The molecular formula is C22H22FN5O2. The number of rotatable bonds is 3. The Morgan fingerprint density at radius 1 is 1.00 bits per heavy atom. The van der Waals surface area contributed by atoms with Gasteiger partial charge in [0.25, 0.3) is 11.8 Å². The van der Waals surface area contributed by atoms with Gasteiger partial charge in [-0.1, -0.05) is 24.3 Å². The minimum absolute atomic E-state index is 0.108. The van der Waals surface area contributed by atoms with E-state index >= 15 is 0 Å². The predicted octanol–water partition coefficient (Wildman–Crippen LogP) is 2.78. The molecule has 0 radical (unpaired) electrons. The highest BCUT2D eigenvalue weighted by Gasteiger charge is 2.40. The van der Waals surface area contributed by atoms with Crippen LogP contribution in [0.15, 0.2) is 60.9 Å². The molecule has 4 rings (SSSR count). The Balaban J connectivity index is 1.49. The highest BCUT2D eigenvalue weighted by Crippen LogP contribution is 2.24. The van der Waals surface area contributed by atoms with E-state index < -0.39 is 11.4 Å². The molecule has 3 aromatic rings. The second kappa shape index (κ2) is 7.70. The van der Waals surface area contributed by atoms with Gasteiger partial charge >= 0.3 is 0 Å². The van der Waals surface area contributed by atoms with E-state index in [-0.39, 0.29) is 17.6 Å². The van der Waals surface area contributed by atoms with Gasteiger partial charge in [0.2, 0.25) is 5.82 Å². The van der Waals surface area contributed by atoms with Gasteiger partial charge in [0, 0.05) is 25.2 Å². The van der Waals surface area contributed by atoms with E-state index in [1.165, 1.54) is 24.5 Å². The van der Waals surface area contributed by atoms with Crippen molar-refractivity contribution in [2.45, 2.75) is 19.4 Å². The molecule has 8 heteroatoms. The molecule has 1 aromatic heterocycles. The summed E-state index contributed by atoms with van der Waals surface area (Å²) in [5.41, 5.74) is 0.485. The Bertz CT molecular complexity index is 1080. The highest BCUT2D eigenvalue weighted by atomic mass is 19.1. The van der Waals surface area contributed by atoms with Crippen LogP contribution in [0.25, 0.3) is 5.69 Å². The minimum atomic E-state index is -0.628. The third kappa shape index (κ3) is 3.80. The second-order valence-corrected chi connectivity index (χ2v) is 7.85. The molecule has 0 bridgehead atoms. The summed E-state index contributed by atoms with van der Waals surface area (Å²) in [5.74, 6) is -0.875. The molecule has 1 aliphatic heterocycles. The summed E-state index contributed by atoms with van der Waals surface area (Å²) in [6.07, 6.45) is 1.51. The Morgan fingerprint density at radius 3 is 2.47 bits per heavy atom. The summed E-state index contributed by atoms with van der Waals surface area (Å²) in [6.45, 7) is 4.80. The number of nitrogens with zero attached hydrogens (tertiary/aromatic N) is 5. The summed E-state index contributed by atoms with van der Waals surface area (Å²) in [7, 11) is 0. The quantitative estimate of drug-likeness (QED) is 0.669. The topological polar surface area (TPSA) is 71.3 Å². The van der Waals surface area contributed by atoms with Crippen molar-refractivity contribution in [2.24, 2.45) is 0 Å². The maximum Gasteiger partial charge on any atom is 0.294 e. The molecule has 2 heterocycles. The molecule has 7 nitrogen and oxygen atoms in total. The van der Waals surface area contributed by atoms with Crippen molar-refractivity contribution in [1.29, 1.82) is 0 Å². The average molecular weight is 407 g/mol. The normalized spacial score (nSPS) is 15.8. The van der Waals surface area contributed by atoms with E-state index in [1.54, 1.807) is 20.5 Å². The van der Waals surface area contributed by atoms with Crippen molar-refractivity contribution in [3.05, 3.63) is 78.1 Å². The smallest absolute Gasteiger partial charge is 0.294 e. The minimum Gasteiger partial charge on any atom is -0.335 e. The van der Waals surface area contributed by atoms with Gasteiger partial charge in [-0.3, -0.25) is 9.59 Å². The molecule has 30 heavy (non-hydrogen) atoms. The molecule has 2 amide bonds. The van der Waals surface area contributed by atoms with Crippen LogP contribution >= 0.6 is 0 Å². The summed E-state index contributed by atoms with van der Waals surface area (Å²) >= 11 is 0. The number of halogens is 1. The molecular weight excluding hydrogens is 385 g/mol. The number of para-hydroxylation sites is 1. The Labute approximate surface area is 173 Å². The number of hydrogen-bond acceptors (Lipinski definition) is 4. The van der Waals surface area contributed by atoms with Crippen molar-refractivity contribution in [3.8, 4) is 5.69 Å². The lowest BCUT2D eigenvalue weighted by Gasteiger charge is -2.46. The zero-order chi connectivity index (χ0) is 21.3. The monoisotopic (exact) mass is 407 g/mol. The Kier molecular flexibility index (Phi) is 5.07. The summed E-state index contributed by atoms with van der Waals surface area (Å²) in [5, 5.41) is 4.32. The number of hydrogen-bond donors (Lipinski definition) is 0. The number of carbonyl (C=O) groups excluding carboxylic acids is 2. The fourth-order valence-electron chi connectivity index (χ4n) is 3.70. The van der Waals surface area contributed by atoms with E-state index in [4.69, 9.17) is 0 Å². The molecule has 2 aromatic carbocycles. The lowest BCUT2D eigenvalue weighted by atomic mass is 9.97. The summed E-state index contributed by atoms with van der Waals surface area (Å²) in [6, 6.07) is 15.1. The van der Waals surface area contributed by atoms with E-state index in [2.05, 4.69) is 10.1 Å². The zero-order valence-electron chi connectivity index (χ0n) is 16.8. The van der Waals surface area contributed by atoms with E-state index in [0.717, 1.165) is 5.69 Å². The molecule has 154 valence electrons. The largest absolute Gasteiger partial charge is 0.335 e. The fraction of sp³-hybridized carbons (Fsp3) is 0.273. The third-order valence-electron chi connectivity index (χ3n) is 5.21. The molecule has 1 aliphatic rings. The first-order valence-corrected chi connectivity index (χ1v) is 9.69. The van der Waals surface area contributed by atoms with Crippen molar-refractivity contribution < 1.29 is 14.0 Å². The van der Waals surface area contributed by atoms with Crippen LogP contribution in [0.4, 0.5) is 4.39 Å².